The molecule has 1 amide bonds. The predicted molar refractivity (Wildman–Crippen MR) is 160 cm³/mol. The lowest BCUT2D eigenvalue weighted by Crippen LogP contribution is -2.42. The van der Waals surface area contributed by atoms with Gasteiger partial charge in [-0.1, -0.05) is 52.5 Å². The van der Waals surface area contributed by atoms with Gasteiger partial charge in [0.1, 0.15) is 17.5 Å². The van der Waals surface area contributed by atoms with Gasteiger partial charge >= 0.3 is 5.97 Å². The number of nitrogens with zero attached hydrogens (tertiary/aromatic N) is 1. The first-order valence-corrected chi connectivity index (χ1v) is 15.7. The summed E-state index contributed by atoms with van der Waals surface area (Å²) in [6, 6.07) is 8.77. The Morgan fingerprint density at radius 1 is 1.07 bits per heavy atom. The lowest BCUT2D eigenvalue weighted by atomic mass is 9.72. The number of nitrogens with one attached hydrogen (secondary N) is 1. The second kappa shape index (κ2) is 12.3. The number of rotatable bonds is 9. The SMILES string of the molecule is CC(C)(C)[C@H]1CC[C@H](Oc2ccc3cc(C(=O)N[C@H](Cc4ccsc4)C(=O)O)nc(CC4CCCC4)c3c2)CC1. The zero-order valence-corrected chi connectivity index (χ0v) is 24.8. The first kappa shape index (κ1) is 28.6. The minimum Gasteiger partial charge on any atom is -0.490 e. The predicted octanol–water partition coefficient (Wildman–Crippen LogP) is 7.44. The minimum atomic E-state index is -1.05. The number of fused-ring (bicyclic) bond motifs is 1. The number of pyridine rings is 1. The number of hydrogen-bond acceptors (Lipinski definition) is 5. The standard InChI is InChI=1S/C33H42N2O4S/c1-33(2,3)24-9-12-25(13-10-24)39-26-11-8-23-18-29(34-28(27(23)19-26)16-21-6-4-5-7-21)31(36)35-30(32(37)38)17-22-14-15-40-20-22/h8,11,14-15,18-21,24-25,30H,4-7,9-10,12-13,16-17H2,1-3H3,(H,35,36)(H,37,38)/t24-,25-,30-/m1/s1. The maximum Gasteiger partial charge on any atom is 0.326 e. The maximum atomic E-state index is 13.3. The molecule has 214 valence electrons. The molecule has 40 heavy (non-hydrogen) atoms. The lowest BCUT2D eigenvalue weighted by Gasteiger charge is -2.37. The van der Waals surface area contributed by atoms with Gasteiger partial charge in [0.25, 0.3) is 5.91 Å². The second-order valence-corrected chi connectivity index (χ2v) is 13.6. The van der Waals surface area contributed by atoms with Crippen LogP contribution < -0.4 is 10.1 Å². The van der Waals surface area contributed by atoms with E-state index in [1.54, 1.807) is 6.07 Å². The van der Waals surface area contributed by atoms with Gasteiger partial charge in [0.2, 0.25) is 0 Å². The Morgan fingerprint density at radius 3 is 2.48 bits per heavy atom. The van der Waals surface area contributed by atoms with Crippen molar-refractivity contribution in [2.24, 2.45) is 17.3 Å². The van der Waals surface area contributed by atoms with Crippen LogP contribution in [0.1, 0.15) is 93.9 Å². The van der Waals surface area contributed by atoms with Gasteiger partial charge in [0.05, 0.1) is 6.10 Å². The second-order valence-electron chi connectivity index (χ2n) is 12.8. The molecule has 7 heteroatoms. The van der Waals surface area contributed by atoms with E-state index in [1.807, 2.05) is 29.0 Å². The molecule has 2 aromatic heterocycles. The van der Waals surface area contributed by atoms with E-state index < -0.39 is 17.9 Å². The third-order valence-corrected chi connectivity index (χ3v) is 9.63. The molecule has 5 rings (SSSR count). The molecular formula is C33H42N2O4S. The summed E-state index contributed by atoms with van der Waals surface area (Å²) in [5.74, 6) is 0.649. The molecule has 0 unspecified atom stereocenters. The highest BCUT2D eigenvalue weighted by Gasteiger charge is 2.30. The van der Waals surface area contributed by atoms with Gasteiger partial charge in [0, 0.05) is 17.5 Å². The Balaban J connectivity index is 1.37. The number of carboxylic acids is 1. The van der Waals surface area contributed by atoms with E-state index in [9.17, 15) is 14.7 Å². The number of carbonyl (C=O) groups is 2. The molecule has 0 saturated heterocycles. The monoisotopic (exact) mass is 562 g/mol. The largest absolute Gasteiger partial charge is 0.490 e. The molecule has 3 aromatic rings. The van der Waals surface area contributed by atoms with Crippen molar-refractivity contribution < 1.29 is 19.4 Å². The fourth-order valence-corrected chi connectivity index (χ4v) is 7.13. The number of ether oxygens (including phenoxy) is 1. The van der Waals surface area contributed by atoms with E-state index in [-0.39, 0.29) is 18.2 Å². The van der Waals surface area contributed by atoms with Crippen molar-refractivity contribution in [3.8, 4) is 5.75 Å². The Kier molecular flexibility index (Phi) is 8.79. The van der Waals surface area contributed by atoms with E-state index in [1.165, 1.54) is 49.9 Å². The van der Waals surface area contributed by atoms with Crippen molar-refractivity contribution in [1.29, 1.82) is 0 Å². The van der Waals surface area contributed by atoms with E-state index in [2.05, 4.69) is 32.2 Å². The van der Waals surface area contributed by atoms with Crippen LogP contribution >= 0.6 is 11.3 Å². The molecule has 2 N–H and O–H groups in total. The number of benzene rings is 1. The summed E-state index contributed by atoms with van der Waals surface area (Å²) in [6.45, 7) is 7.00. The summed E-state index contributed by atoms with van der Waals surface area (Å²) >= 11 is 1.51. The third-order valence-electron chi connectivity index (χ3n) is 8.90. The van der Waals surface area contributed by atoms with E-state index in [4.69, 9.17) is 9.72 Å². The maximum absolute atomic E-state index is 13.3. The molecule has 0 radical (unpaired) electrons. The van der Waals surface area contributed by atoms with Crippen LogP contribution in [0, 0.1) is 17.3 Å². The van der Waals surface area contributed by atoms with Crippen LogP contribution in [0.25, 0.3) is 10.8 Å². The minimum absolute atomic E-state index is 0.225. The van der Waals surface area contributed by atoms with E-state index >= 15 is 0 Å². The Hall–Kier alpha value is -2.93. The highest BCUT2D eigenvalue weighted by molar-refractivity contribution is 7.07. The number of thiophene rings is 1. The fraction of sp³-hybridized carbons (Fsp3) is 0.545. The van der Waals surface area contributed by atoms with Crippen molar-refractivity contribution in [2.45, 2.75) is 97.1 Å². The Bertz CT molecular complexity index is 1320. The van der Waals surface area contributed by atoms with Crippen LogP contribution in [-0.2, 0) is 17.6 Å². The van der Waals surface area contributed by atoms with Gasteiger partial charge in [-0.25, -0.2) is 9.78 Å². The Labute approximate surface area is 241 Å². The number of hydrogen-bond donors (Lipinski definition) is 2. The molecule has 2 heterocycles. The fourth-order valence-electron chi connectivity index (χ4n) is 6.45. The first-order valence-electron chi connectivity index (χ1n) is 14.8. The highest BCUT2D eigenvalue weighted by Crippen LogP contribution is 2.39. The lowest BCUT2D eigenvalue weighted by molar-refractivity contribution is -0.139. The average Bonchev–Trinajstić information content (AvgIpc) is 3.63. The smallest absolute Gasteiger partial charge is 0.326 e. The van der Waals surface area contributed by atoms with Crippen LogP contribution in [0.2, 0.25) is 0 Å². The van der Waals surface area contributed by atoms with Gasteiger partial charge in [-0.05, 0) is 95.3 Å². The zero-order valence-electron chi connectivity index (χ0n) is 23.9. The molecule has 1 atom stereocenters. The van der Waals surface area contributed by atoms with E-state index in [0.717, 1.165) is 53.0 Å². The van der Waals surface area contributed by atoms with Gasteiger partial charge in [0.15, 0.2) is 0 Å². The number of aliphatic carboxylic acids is 1. The third kappa shape index (κ3) is 7.03. The molecule has 2 saturated carbocycles. The summed E-state index contributed by atoms with van der Waals surface area (Å²) in [5, 5.41) is 18.2. The zero-order chi connectivity index (χ0) is 28.3. The molecule has 0 aliphatic heterocycles. The number of carboxylic acid groups (broad SMARTS) is 1. The molecular weight excluding hydrogens is 520 g/mol. The van der Waals surface area contributed by atoms with Crippen LogP contribution in [-0.4, -0.2) is 34.1 Å². The van der Waals surface area contributed by atoms with Crippen molar-refractivity contribution in [2.75, 3.05) is 0 Å². The summed E-state index contributed by atoms with van der Waals surface area (Å²) in [6.07, 6.45) is 10.6. The van der Waals surface area contributed by atoms with Gasteiger partial charge in [-0.15, -0.1) is 0 Å². The van der Waals surface area contributed by atoms with Crippen molar-refractivity contribution in [1.82, 2.24) is 10.3 Å². The van der Waals surface area contributed by atoms with Gasteiger partial charge < -0.3 is 15.2 Å². The van der Waals surface area contributed by atoms with Crippen LogP contribution in [0.5, 0.6) is 5.75 Å². The summed E-state index contributed by atoms with van der Waals surface area (Å²) in [7, 11) is 0. The molecule has 2 aliphatic rings. The van der Waals surface area contributed by atoms with E-state index in [0.29, 0.717) is 11.3 Å². The Morgan fingerprint density at radius 2 is 1.82 bits per heavy atom. The van der Waals surface area contributed by atoms with Crippen LogP contribution in [0.4, 0.5) is 0 Å². The van der Waals surface area contributed by atoms with Crippen molar-refractivity contribution in [3.05, 3.63) is 58.0 Å². The summed E-state index contributed by atoms with van der Waals surface area (Å²) in [4.78, 5) is 30.1. The number of carbonyl (C=O) groups excluding carboxylic acids is 1. The number of aromatic nitrogens is 1. The van der Waals surface area contributed by atoms with Crippen LogP contribution in [0.15, 0.2) is 41.1 Å². The highest BCUT2D eigenvalue weighted by atomic mass is 32.1. The molecule has 0 spiro atoms. The molecule has 1 aromatic carbocycles. The molecule has 6 nitrogen and oxygen atoms in total. The van der Waals surface area contributed by atoms with Crippen molar-refractivity contribution >= 4 is 34.0 Å². The summed E-state index contributed by atoms with van der Waals surface area (Å²) < 4.78 is 6.48. The average molecular weight is 563 g/mol. The van der Waals surface area contributed by atoms with Gasteiger partial charge in [-0.2, -0.15) is 11.3 Å². The van der Waals surface area contributed by atoms with Crippen molar-refractivity contribution in [3.63, 3.8) is 0 Å². The molecule has 2 aliphatic carbocycles. The summed E-state index contributed by atoms with van der Waals surface area (Å²) in [5.41, 5.74) is 2.41. The molecule has 2 fully saturated rings. The van der Waals surface area contributed by atoms with Gasteiger partial charge in [-0.3, -0.25) is 4.79 Å². The normalized spacial score (nSPS) is 20.9. The van der Waals surface area contributed by atoms with Crippen LogP contribution in [0.3, 0.4) is 0 Å². The topological polar surface area (TPSA) is 88.5 Å². The first-order chi connectivity index (χ1) is 19.2. The quantitative estimate of drug-likeness (QED) is 0.283. The molecule has 0 bridgehead atoms. The number of amides is 1.